The van der Waals surface area contributed by atoms with Crippen molar-refractivity contribution >= 4 is 5.91 Å². The Kier molecular flexibility index (Phi) is 4.93. The third-order valence-corrected chi connectivity index (χ3v) is 4.46. The van der Waals surface area contributed by atoms with Gasteiger partial charge in [0, 0.05) is 18.7 Å². The Hall–Kier alpha value is -2.64. The number of likely N-dealkylation sites (tertiary alicyclic amines) is 1. The Bertz CT molecular complexity index is 751. The lowest BCUT2D eigenvalue weighted by molar-refractivity contribution is 0.0866. The third kappa shape index (κ3) is 3.64. The molecular weight excluding hydrogens is 298 g/mol. The number of carbonyl (C=O) groups is 1. The van der Waals surface area contributed by atoms with Crippen LogP contribution in [0.4, 0.5) is 0 Å². The lowest BCUT2D eigenvalue weighted by atomic mass is 10.1. The zero-order chi connectivity index (χ0) is 16.9. The highest BCUT2D eigenvalue weighted by Gasteiger charge is 2.35. The van der Waals surface area contributed by atoms with E-state index in [0.717, 1.165) is 25.1 Å². The standard InChI is InChI=1S/C20H21N3O/c1-15-6-5-9-17(12-15)20(24)22-19-18(13-21)10-11-23(19)14-16-7-3-2-4-8-16/h2-9,12,18-19H,10-11,14H2,1H3,(H,22,24). The molecule has 122 valence electrons. The molecule has 2 atom stereocenters. The fourth-order valence-corrected chi connectivity index (χ4v) is 3.18. The van der Waals surface area contributed by atoms with Crippen LogP contribution in [0.2, 0.25) is 0 Å². The highest BCUT2D eigenvalue weighted by atomic mass is 16.1. The number of aryl methyl sites for hydroxylation is 1. The number of amides is 1. The molecule has 1 aliphatic rings. The number of rotatable bonds is 4. The molecule has 4 nitrogen and oxygen atoms in total. The van der Waals surface area contributed by atoms with Gasteiger partial charge in [-0.05, 0) is 31.0 Å². The van der Waals surface area contributed by atoms with Crippen molar-refractivity contribution in [1.82, 2.24) is 10.2 Å². The summed E-state index contributed by atoms with van der Waals surface area (Å²) in [6.07, 6.45) is 0.533. The minimum absolute atomic E-state index is 0.121. The van der Waals surface area contributed by atoms with E-state index in [1.807, 2.05) is 43.3 Å². The number of carbonyl (C=O) groups excluding carboxylic acids is 1. The molecule has 2 aromatic carbocycles. The number of nitriles is 1. The van der Waals surface area contributed by atoms with Crippen LogP contribution in [0.25, 0.3) is 0 Å². The molecule has 1 aliphatic heterocycles. The predicted molar refractivity (Wildman–Crippen MR) is 93.0 cm³/mol. The summed E-state index contributed by atoms with van der Waals surface area (Å²) in [5, 5.41) is 12.5. The van der Waals surface area contributed by atoms with Gasteiger partial charge >= 0.3 is 0 Å². The summed E-state index contributed by atoms with van der Waals surface area (Å²) in [5.41, 5.74) is 2.87. The third-order valence-electron chi connectivity index (χ3n) is 4.46. The van der Waals surface area contributed by atoms with E-state index in [4.69, 9.17) is 0 Å². The second-order valence-corrected chi connectivity index (χ2v) is 6.27. The van der Waals surface area contributed by atoms with Crippen LogP contribution in [0, 0.1) is 24.2 Å². The van der Waals surface area contributed by atoms with Gasteiger partial charge in [0.05, 0.1) is 18.2 Å². The summed E-state index contributed by atoms with van der Waals surface area (Å²) in [5.74, 6) is -0.300. The average molecular weight is 319 g/mol. The number of hydrogen-bond donors (Lipinski definition) is 1. The quantitative estimate of drug-likeness (QED) is 0.942. The van der Waals surface area contributed by atoms with Crippen molar-refractivity contribution in [3.8, 4) is 6.07 Å². The molecule has 24 heavy (non-hydrogen) atoms. The predicted octanol–water partition coefficient (Wildman–Crippen LogP) is 3.10. The molecule has 0 aliphatic carbocycles. The summed E-state index contributed by atoms with van der Waals surface area (Å²) in [6.45, 7) is 3.51. The van der Waals surface area contributed by atoms with Gasteiger partial charge < -0.3 is 5.32 Å². The van der Waals surface area contributed by atoms with Gasteiger partial charge in [-0.3, -0.25) is 9.69 Å². The second kappa shape index (κ2) is 7.29. The van der Waals surface area contributed by atoms with Crippen molar-refractivity contribution in [1.29, 1.82) is 5.26 Å². The van der Waals surface area contributed by atoms with E-state index in [2.05, 4.69) is 28.4 Å². The van der Waals surface area contributed by atoms with Crippen molar-refractivity contribution in [3.05, 3.63) is 71.3 Å². The largest absolute Gasteiger partial charge is 0.335 e. The molecule has 4 heteroatoms. The minimum Gasteiger partial charge on any atom is -0.335 e. The molecule has 1 amide bonds. The van der Waals surface area contributed by atoms with Gasteiger partial charge in [-0.1, -0.05) is 48.0 Å². The van der Waals surface area contributed by atoms with Crippen LogP contribution in [0.5, 0.6) is 0 Å². The van der Waals surface area contributed by atoms with Crippen LogP contribution >= 0.6 is 0 Å². The van der Waals surface area contributed by atoms with Gasteiger partial charge in [-0.2, -0.15) is 5.26 Å². The van der Waals surface area contributed by atoms with Crippen LogP contribution in [0.15, 0.2) is 54.6 Å². The van der Waals surface area contributed by atoms with Crippen LogP contribution in [0.1, 0.15) is 27.9 Å². The summed E-state index contributed by atoms with van der Waals surface area (Å²) in [4.78, 5) is 14.7. The van der Waals surface area contributed by atoms with Gasteiger partial charge in [0.15, 0.2) is 0 Å². The van der Waals surface area contributed by atoms with E-state index in [1.165, 1.54) is 5.56 Å². The van der Waals surface area contributed by atoms with Crippen molar-refractivity contribution in [2.75, 3.05) is 6.54 Å². The molecule has 0 aromatic heterocycles. The highest BCUT2D eigenvalue weighted by molar-refractivity contribution is 5.94. The molecule has 0 radical (unpaired) electrons. The van der Waals surface area contributed by atoms with Crippen LogP contribution in [-0.4, -0.2) is 23.5 Å². The van der Waals surface area contributed by atoms with Gasteiger partial charge in [0.1, 0.15) is 0 Å². The maximum absolute atomic E-state index is 12.6. The molecule has 0 bridgehead atoms. The first-order chi connectivity index (χ1) is 11.7. The lowest BCUT2D eigenvalue weighted by Gasteiger charge is -2.27. The van der Waals surface area contributed by atoms with Gasteiger partial charge in [0.2, 0.25) is 0 Å². The topological polar surface area (TPSA) is 56.1 Å². The van der Waals surface area contributed by atoms with Crippen LogP contribution in [-0.2, 0) is 6.54 Å². The first-order valence-corrected chi connectivity index (χ1v) is 8.22. The second-order valence-electron chi connectivity index (χ2n) is 6.27. The number of nitrogens with zero attached hydrogens (tertiary/aromatic N) is 2. The maximum Gasteiger partial charge on any atom is 0.252 e. The first kappa shape index (κ1) is 16.2. The molecular formula is C20H21N3O. The summed E-state index contributed by atoms with van der Waals surface area (Å²) >= 11 is 0. The molecule has 2 aromatic rings. The van der Waals surface area contributed by atoms with Gasteiger partial charge in [0.25, 0.3) is 5.91 Å². The van der Waals surface area contributed by atoms with Crippen LogP contribution < -0.4 is 5.32 Å². The Morgan fingerprint density at radius 2 is 2.04 bits per heavy atom. The number of hydrogen-bond acceptors (Lipinski definition) is 3. The maximum atomic E-state index is 12.6. The van der Waals surface area contributed by atoms with E-state index in [9.17, 15) is 10.1 Å². The Morgan fingerprint density at radius 3 is 2.75 bits per heavy atom. The van der Waals surface area contributed by atoms with Crippen molar-refractivity contribution < 1.29 is 4.79 Å². The smallest absolute Gasteiger partial charge is 0.252 e. The fraction of sp³-hybridized carbons (Fsp3) is 0.300. The van der Waals surface area contributed by atoms with Crippen molar-refractivity contribution in [2.24, 2.45) is 5.92 Å². The Morgan fingerprint density at radius 1 is 1.25 bits per heavy atom. The molecule has 0 saturated carbocycles. The van der Waals surface area contributed by atoms with Gasteiger partial charge in [-0.25, -0.2) is 0 Å². The normalized spacial score (nSPS) is 20.5. The SMILES string of the molecule is Cc1cccc(C(=O)NC2C(C#N)CCN2Cc2ccccc2)c1. The van der Waals surface area contributed by atoms with Crippen LogP contribution in [0.3, 0.4) is 0 Å². The van der Waals surface area contributed by atoms with Gasteiger partial charge in [-0.15, -0.1) is 0 Å². The Balaban J connectivity index is 1.74. The zero-order valence-corrected chi connectivity index (χ0v) is 13.8. The fourth-order valence-electron chi connectivity index (χ4n) is 3.18. The first-order valence-electron chi connectivity index (χ1n) is 8.22. The summed E-state index contributed by atoms with van der Waals surface area (Å²) < 4.78 is 0. The van der Waals surface area contributed by atoms with Crippen molar-refractivity contribution in [2.45, 2.75) is 26.1 Å². The van der Waals surface area contributed by atoms with Crippen molar-refractivity contribution in [3.63, 3.8) is 0 Å². The molecule has 1 fully saturated rings. The summed E-state index contributed by atoms with van der Waals surface area (Å²) in [6, 6.07) is 20.0. The monoisotopic (exact) mass is 319 g/mol. The average Bonchev–Trinajstić information content (AvgIpc) is 2.97. The number of nitrogens with one attached hydrogen (secondary N) is 1. The lowest BCUT2D eigenvalue weighted by Crippen LogP contribution is -2.47. The summed E-state index contributed by atoms with van der Waals surface area (Å²) in [7, 11) is 0. The molecule has 1 heterocycles. The molecule has 1 N–H and O–H groups in total. The van der Waals surface area contributed by atoms with E-state index in [-0.39, 0.29) is 18.0 Å². The van der Waals surface area contributed by atoms with E-state index >= 15 is 0 Å². The van der Waals surface area contributed by atoms with E-state index in [0.29, 0.717) is 5.56 Å². The molecule has 0 spiro atoms. The van der Waals surface area contributed by atoms with E-state index < -0.39 is 0 Å². The molecule has 1 saturated heterocycles. The van der Waals surface area contributed by atoms with E-state index in [1.54, 1.807) is 6.07 Å². The minimum atomic E-state index is -0.247. The molecule has 3 rings (SSSR count). The number of benzene rings is 2. The Labute approximate surface area is 142 Å². The highest BCUT2D eigenvalue weighted by Crippen LogP contribution is 2.24. The zero-order valence-electron chi connectivity index (χ0n) is 13.8. The molecule has 2 unspecified atom stereocenters.